The third-order valence-corrected chi connectivity index (χ3v) is 3.83. The zero-order chi connectivity index (χ0) is 15.8. The standard InChI is InChI=1S/C17H26N4O.HI/c1-3-4-11-19-17(18-2)20-13-14-7-9-15(10-8-14)21-12-5-6-16(21)22;/h7-10H,3-6,11-13H2,1-2H3,(H2,18,19,20);1H. The molecule has 0 bridgehead atoms. The molecular weight excluding hydrogens is 403 g/mol. The lowest BCUT2D eigenvalue weighted by atomic mass is 10.2. The van der Waals surface area contributed by atoms with Gasteiger partial charge in [0.15, 0.2) is 5.96 Å². The number of nitrogens with one attached hydrogen (secondary N) is 2. The van der Waals surface area contributed by atoms with E-state index >= 15 is 0 Å². The molecule has 0 radical (unpaired) electrons. The van der Waals surface area contributed by atoms with Gasteiger partial charge < -0.3 is 15.5 Å². The molecule has 5 nitrogen and oxygen atoms in total. The first-order chi connectivity index (χ1) is 10.7. The second-order valence-electron chi connectivity index (χ2n) is 5.52. The van der Waals surface area contributed by atoms with Crippen molar-refractivity contribution in [3.8, 4) is 0 Å². The van der Waals surface area contributed by atoms with E-state index in [1.807, 2.05) is 17.0 Å². The van der Waals surface area contributed by atoms with Crippen molar-refractivity contribution in [2.45, 2.75) is 39.2 Å². The number of unbranched alkanes of at least 4 members (excludes halogenated alkanes) is 1. The highest BCUT2D eigenvalue weighted by molar-refractivity contribution is 14.0. The summed E-state index contributed by atoms with van der Waals surface area (Å²) in [5.74, 6) is 1.05. The number of carbonyl (C=O) groups is 1. The van der Waals surface area contributed by atoms with Crippen LogP contribution >= 0.6 is 24.0 Å². The summed E-state index contributed by atoms with van der Waals surface area (Å²) in [7, 11) is 1.78. The third-order valence-electron chi connectivity index (χ3n) is 3.83. The highest BCUT2D eigenvalue weighted by Crippen LogP contribution is 2.21. The van der Waals surface area contributed by atoms with Gasteiger partial charge in [0.1, 0.15) is 0 Å². The van der Waals surface area contributed by atoms with Gasteiger partial charge in [0.25, 0.3) is 0 Å². The Labute approximate surface area is 156 Å². The molecule has 0 spiro atoms. The molecule has 1 aromatic rings. The van der Waals surface area contributed by atoms with Crippen LogP contribution in [-0.4, -0.2) is 32.0 Å². The van der Waals surface area contributed by atoms with Gasteiger partial charge in [-0.05, 0) is 30.5 Å². The van der Waals surface area contributed by atoms with Crippen molar-refractivity contribution in [3.63, 3.8) is 0 Å². The molecule has 0 saturated carbocycles. The van der Waals surface area contributed by atoms with Gasteiger partial charge in [-0.15, -0.1) is 24.0 Å². The number of rotatable bonds is 6. The van der Waals surface area contributed by atoms with Crippen molar-refractivity contribution in [1.82, 2.24) is 10.6 Å². The Hall–Kier alpha value is -1.31. The Balaban J connectivity index is 0.00000264. The van der Waals surface area contributed by atoms with E-state index in [4.69, 9.17) is 0 Å². The van der Waals surface area contributed by atoms with Gasteiger partial charge in [0, 0.05) is 38.8 Å². The van der Waals surface area contributed by atoms with Crippen molar-refractivity contribution in [2.75, 3.05) is 25.0 Å². The molecule has 2 N–H and O–H groups in total. The number of benzene rings is 1. The summed E-state index contributed by atoms with van der Waals surface area (Å²) in [6.45, 7) is 4.67. The zero-order valence-corrected chi connectivity index (χ0v) is 16.3. The van der Waals surface area contributed by atoms with Crippen molar-refractivity contribution in [3.05, 3.63) is 29.8 Å². The maximum atomic E-state index is 11.7. The first-order valence-electron chi connectivity index (χ1n) is 8.08. The van der Waals surface area contributed by atoms with Crippen LogP contribution in [0.25, 0.3) is 0 Å². The fraction of sp³-hybridized carbons (Fsp3) is 0.529. The van der Waals surface area contributed by atoms with Crippen molar-refractivity contribution in [2.24, 2.45) is 4.99 Å². The van der Waals surface area contributed by atoms with Gasteiger partial charge in [-0.1, -0.05) is 25.5 Å². The number of halogens is 1. The van der Waals surface area contributed by atoms with E-state index < -0.39 is 0 Å². The van der Waals surface area contributed by atoms with Gasteiger partial charge >= 0.3 is 0 Å². The van der Waals surface area contributed by atoms with E-state index in [0.29, 0.717) is 6.42 Å². The summed E-state index contributed by atoms with van der Waals surface area (Å²) in [4.78, 5) is 17.8. The SMILES string of the molecule is CCCCNC(=NC)NCc1ccc(N2CCCC2=O)cc1.I. The number of amides is 1. The molecule has 1 fully saturated rings. The summed E-state index contributed by atoms with van der Waals surface area (Å²) in [5, 5.41) is 6.59. The number of hydrogen-bond donors (Lipinski definition) is 2. The quantitative estimate of drug-likeness (QED) is 0.316. The van der Waals surface area contributed by atoms with Crippen molar-refractivity contribution >= 4 is 41.5 Å². The lowest BCUT2D eigenvalue weighted by Gasteiger charge is -2.16. The fourth-order valence-electron chi connectivity index (χ4n) is 2.50. The van der Waals surface area contributed by atoms with E-state index in [-0.39, 0.29) is 29.9 Å². The summed E-state index contributed by atoms with van der Waals surface area (Å²) in [6.07, 6.45) is 3.94. The van der Waals surface area contributed by atoms with E-state index in [9.17, 15) is 4.79 Å². The molecule has 2 rings (SSSR count). The Morgan fingerprint density at radius 1 is 1.26 bits per heavy atom. The molecule has 1 saturated heterocycles. The van der Waals surface area contributed by atoms with Crippen LogP contribution in [0.15, 0.2) is 29.3 Å². The molecule has 1 aliphatic rings. The highest BCUT2D eigenvalue weighted by atomic mass is 127. The largest absolute Gasteiger partial charge is 0.356 e. The summed E-state index contributed by atoms with van der Waals surface area (Å²) in [5.41, 5.74) is 2.17. The maximum absolute atomic E-state index is 11.7. The minimum Gasteiger partial charge on any atom is -0.356 e. The number of aliphatic imine (C=N–C) groups is 1. The number of carbonyl (C=O) groups excluding carboxylic acids is 1. The number of guanidine groups is 1. The first kappa shape index (κ1) is 19.7. The lowest BCUT2D eigenvalue weighted by Crippen LogP contribution is -2.37. The minimum absolute atomic E-state index is 0. The second kappa shape index (κ2) is 10.5. The van der Waals surface area contributed by atoms with Gasteiger partial charge in [-0.2, -0.15) is 0 Å². The van der Waals surface area contributed by atoms with Crippen LogP contribution in [-0.2, 0) is 11.3 Å². The normalized spacial score (nSPS) is 14.6. The van der Waals surface area contributed by atoms with Gasteiger partial charge in [-0.3, -0.25) is 9.79 Å². The summed E-state index contributed by atoms with van der Waals surface area (Å²) in [6, 6.07) is 8.17. The molecule has 6 heteroatoms. The summed E-state index contributed by atoms with van der Waals surface area (Å²) >= 11 is 0. The second-order valence-corrected chi connectivity index (χ2v) is 5.52. The predicted molar refractivity (Wildman–Crippen MR) is 107 cm³/mol. The van der Waals surface area contributed by atoms with Crippen LogP contribution in [0.4, 0.5) is 5.69 Å². The van der Waals surface area contributed by atoms with E-state index in [0.717, 1.165) is 44.1 Å². The molecule has 1 amide bonds. The van der Waals surface area contributed by atoms with Crippen molar-refractivity contribution < 1.29 is 4.79 Å². The smallest absolute Gasteiger partial charge is 0.227 e. The Morgan fingerprint density at radius 2 is 2.00 bits per heavy atom. The molecule has 1 aliphatic heterocycles. The predicted octanol–water partition coefficient (Wildman–Crippen LogP) is 2.90. The van der Waals surface area contributed by atoms with Gasteiger partial charge in [0.2, 0.25) is 5.91 Å². The number of anilines is 1. The Morgan fingerprint density at radius 3 is 2.57 bits per heavy atom. The highest BCUT2D eigenvalue weighted by Gasteiger charge is 2.21. The molecular formula is C17H27IN4O. The summed E-state index contributed by atoms with van der Waals surface area (Å²) < 4.78 is 0. The van der Waals surface area contributed by atoms with Crippen LogP contribution in [0.3, 0.4) is 0 Å². The van der Waals surface area contributed by atoms with Gasteiger partial charge in [0.05, 0.1) is 0 Å². The number of nitrogens with zero attached hydrogens (tertiary/aromatic N) is 2. The molecule has 0 unspecified atom stereocenters. The topological polar surface area (TPSA) is 56.7 Å². The monoisotopic (exact) mass is 430 g/mol. The van der Waals surface area contributed by atoms with Crippen LogP contribution in [0.1, 0.15) is 38.2 Å². The van der Waals surface area contributed by atoms with E-state index in [1.54, 1.807) is 7.05 Å². The molecule has 1 aromatic carbocycles. The van der Waals surface area contributed by atoms with Crippen LogP contribution in [0, 0.1) is 0 Å². The molecule has 23 heavy (non-hydrogen) atoms. The Kier molecular flexibility index (Phi) is 8.98. The van der Waals surface area contributed by atoms with E-state index in [1.165, 1.54) is 12.0 Å². The van der Waals surface area contributed by atoms with Crippen LogP contribution in [0.2, 0.25) is 0 Å². The maximum Gasteiger partial charge on any atom is 0.227 e. The Bertz CT molecular complexity index is 516. The average Bonchev–Trinajstić information content (AvgIpc) is 2.97. The third kappa shape index (κ3) is 6.01. The molecule has 0 aliphatic carbocycles. The van der Waals surface area contributed by atoms with Crippen molar-refractivity contribution in [1.29, 1.82) is 0 Å². The average molecular weight is 430 g/mol. The van der Waals surface area contributed by atoms with Crippen LogP contribution < -0.4 is 15.5 Å². The van der Waals surface area contributed by atoms with E-state index in [2.05, 4.69) is 34.7 Å². The lowest BCUT2D eigenvalue weighted by molar-refractivity contribution is -0.117. The molecule has 0 atom stereocenters. The zero-order valence-electron chi connectivity index (χ0n) is 14.0. The van der Waals surface area contributed by atoms with Gasteiger partial charge in [-0.25, -0.2) is 0 Å². The number of hydrogen-bond acceptors (Lipinski definition) is 2. The molecule has 1 heterocycles. The molecule has 128 valence electrons. The fourth-order valence-corrected chi connectivity index (χ4v) is 2.50. The first-order valence-corrected chi connectivity index (χ1v) is 8.08. The van der Waals surface area contributed by atoms with Crippen LogP contribution in [0.5, 0.6) is 0 Å². The minimum atomic E-state index is 0. The molecule has 0 aromatic heterocycles.